The highest BCUT2D eigenvalue weighted by Gasteiger charge is 2.30. The zero-order valence-corrected chi connectivity index (χ0v) is 10.6. The lowest BCUT2D eigenvalue weighted by atomic mass is 10.2. The lowest BCUT2D eigenvalue weighted by Gasteiger charge is -2.09. The summed E-state index contributed by atoms with van der Waals surface area (Å²) in [5.41, 5.74) is 1.03. The van der Waals surface area contributed by atoms with Gasteiger partial charge in [-0.05, 0) is 36.4 Å². The summed E-state index contributed by atoms with van der Waals surface area (Å²) in [6.07, 6.45) is -1.22. The highest BCUT2D eigenvalue weighted by Crippen LogP contribution is 2.30. The quantitative estimate of drug-likeness (QED) is 0.727. The molecule has 1 aromatic carbocycles. The van der Waals surface area contributed by atoms with E-state index in [9.17, 15) is 13.2 Å². The Labute approximate surface area is 117 Å². The van der Waals surface area contributed by atoms with Crippen LogP contribution in [0.5, 0.6) is 0 Å². The SMILES string of the molecule is FC(F)(F)c1ccc(-n2nncc2-c2ccccn2)cc1. The van der Waals surface area contributed by atoms with Crippen LogP contribution in [0.4, 0.5) is 13.2 Å². The van der Waals surface area contributed by atoms with Crippen LogP contribution in [0.15, 0.2) is 54.9 Å². The molecule has 106 valence electrons. The molecule has 0 radical (unpaired) electrons. The first kappa shape index (κ1) is 13.3. The van der Waals surface area contributed by atoms with Gasteiger partial charge >= 0.3 is 6.18 Å². The number of pyridine rings is 1. The number of alkyl halides is 3. The summed E-state index contributed by atoms with van der Waals surface area (Å²) in [5, 5.41) is 7.70. The fourth-order valence-corrected chi connectivity index (χ4v) is 1.91. The summed E-state index contributed by atoms with van der Waals surface area (Å²) in [5.74, 6) is 0. The molecule has 2 heterocycles. The van der Waals surface area contributed by atoms with Crippen molar-refractivity contribution < 1.29 is 13.2 Å². The van der Waals surface area contributed by atoms with Gasteiger partial charge < -0.3 is 0 Å². The van der Waals surface area contributed by atoms with Gasteiger partial charge in [0.25, 0.3) is 0 Å². The third kappa shape index (κ3) is 2.62. The molecule has 0 unspecified atom stereocenters. The second kappa shape index (κ2) is 5.01. The van der Waals surface area contributed by atoms with Crippen LogP contribution in [0.1, 0.15) is 5.56 Å². The van der Waals surface area contributed by atoms with Gasteiger partial charge in [-0.2, -0.15) is 13.2 Å². The Morgan fingerprint density at radius 1 is 0.952 bits per heavy atom. The third-order valence-corrected chi connectivity index (χ3v) is 2.92. The molecule has 0 amide bonds. The van der Waals surface area contributed by atoms with Crippen LogP contribution < -0.4 is 0 Å². The van der Waals surface area contributed by atoms with Crippen molar-refractivity contribution >= 4 is 0 Å². The molecule has 0 fully saturated rings. The highest BCUT2D eigenvalue weighted by atomic mass is 19.4. The van der Waals surface area contributed by atoms with Crippen LogP contribution in [-0.4, -0.2) is 20.0 Å². The Kier molecular flexibility index (Phi) is 3.17. The molecular formula is C14H9F3N4. The fraction of sp³-hybridized carbons (Fsp3) is 0.0714. The molecule has 0 N–H and O–H groups in total. The van der Waals surface area contributed by atoms with Gasteiger partial charge in [-0.25, -0.2) is 4.68 Å². The van der Waals surface area contributed by atoms with E-state index in [-0.39, 0.29) is 0 Å². The predicted octanol–water partition coefficient (Wildman–Crippen LogP) is 3.35. The molecule has 3 rings (SSSR count). The van der Waals surface area contributed by atoms with Crippen molar-refractivity contribution in [3.63, 3.8) is 0 Å². The largest absolute Gasteiger partial charge is 0.416 e. The van der Waals surface area contributed by atoms with E-state index in [1.165, 1.54) is 23.0 Å². The Balaban J connectivity index is 2.01. The van der Waals surface area contributed by atoms with E-state index in [1.807, 2.05) is 6.07 Å². The van der Waals surface area contributed by atoms with E-state index in [1.54, 1.807) is 18.3 Å². The van der Waals surface area contributed by atoms with Crippen LogP contribution in [0.2, 0.25) is 0 Å². The van der Waals surface area contributed by atoms with Crippen LogP contribution in [0.25, 0.3) is 17.1 Å². The van der Waals surface area contributed by atoms with Crippen LogP contribution in [-0.2, 0) is 6.18 Å². The predicted molar refractivity (Wildman–Crippen MR) is 69.6 cm³/mol. The number of nitrogens with zero attached hydrogens (tertiary/aromatic N) is 4. The minimum Gasteiger partial charge on any atom is -0.255 e. The number of hydrogen-bond donors (Lipinski definition) is 0. The van der Waals surface area contributed by atoms with Gasteiger partial charge in [0.15, 0.2) is 0 Å². The van der Waals surface area contributed by atoms with Gasteiger partial charge in [-0.15, -0.1) is 5.10 Å². The normalized spacial score (nSPS) is 11.6. The van der Waals surface area contributed by atoms with E-state index in [0.29, 0.717) is 17.1 Å². The van der Waals surface area contributed by atoms with Crippen LogP contribution >= 0.6 is 0 Å². The summed E-state index contributed by atoms with van der Waals surface area (Å²) < 4.78 is 39.1. The van der Waals surface area contributed by atoms with Gasteiger partial charge in [-0.3, -0.25) is 4.98 Å². The molecule has 0 atom stereocenters. The summed E-state index contributed by atoms with van der Waals surface area (Å²) in [4.78, 5) is 4.18. The maximum atomic E-state index is 12.6. The van der Waals surface area contributed by atoms with Crippen LogP contribution in [0, 0.1) is 0 Å². The molecule has 3 aromatic rings. The smallest absolute Gasteiger partial charge is 0.255 e. The molecule has 0 spiro atoms. The summed E-state index contributed by atoms with van der Waals surface area (Å²) in [7, 11) is 0. The minimum atomic E-state index is -4.36. The molecule has 2 aromatic heterocycles. The van der Waals surface area contributed by atoms with Gasteiger partial charge in [-0.1, -0.05) is 11.3 Å². The van der Waals surface area contributed by atoms with E-state index in [0.717, 1.165) is 12.1 Å². The van der Waals surface area contributed by atoms with Crippen molar-refractivity contribution in [2.75, 3.05) is 0 Å². The van der Waals surface area contributed by atoms with Gasteiger partial charge in [0.1, 0.15) is 5.69 Å². The van der Waals surface area contributed by atoms with Crippen LogP contribution in [0.3, 0.4) is 0 Å². The Hall–Kier alpha value is -2.70. The maximum Gasteiger partial charge on any atom is 0.416 e. The van der Waals surface area contributed by atoms with Gasteiger partial charge in [0.05, 0.1) is 23.1 Å². The molecule has 7 heteroatoms. The molecule has 0 bridgehead atoms. The number of benzene rings is 1. The van der Waals surface area contributed by atoms with Crippen molar-refractivity contribution in [1.29, 1.82) is 0 Å². The topological polar surface area (TPSA) is 43.6 Å². The van der Waals surface area contributed by atoms with Gasteiger partial charge in [0, 0.05) is 6.20 Å². The lowest BCUT2D eigenvalue weighted by molar-refractivity contribution is -0.137. The number of rotatable bonds is 2. The third-order valence-electron chi connectivity index (χ3n) is 2.92. The summed E-state index contributed by atoms with van der Waals surface area (Å²) in [6.45, 7) is 0. The Morgan fingerprint density at radius 3 is 2.33 bits per heavy atom. The fourth-order valence-electron chi connectivity index (χ4n) is 1.91. The summed E-state index contributed by atoms with van der Waals surface area (Å²) >= 11 is 0. The van der Waals surface area contributed by atoms with Crippen molar-refractivity contribution in [1.82, 2.24) is 20.0 Å². The van der Waals surface area contributed by atoms with Gasteiger partial charge in [0.2, 0.25) is 0 Å². The average Bonchev–Trinajstić information content (AvgIpc) is 2.97. The monoisotopic (exact) mass is 290 g/mol. The van der Waals surface area contributed by atoms with Crippen molar-refractivity contribution in [2.45, 2.75) is 6.18 Å². The second-order valence-electron chi connectivity index (χ2n) is 4.29. The molecule has 0 aliphatic carbocycles. The number of halogens is 3. The zero-order chi connectivity index (χ0) is 14.9. The number of aromatic nitrogens is 4. The van der Waals surface area contributed by atoms with E-state index in [2.05, 4.69) is 15.3 Å². The highest BCUT2D eigenvalue weighted by molar-refractivity contribution is 5.56. The van der Waals surface area contributed by atoms with Crippen molar-refractivity contribution in [2.24, 2.45) is 0 Å². The Morgan fingerprint density at radius 2 is 1.71 bits per heavy atom. The average molecular weight is 290 g/mol. The molecule has 21 heavy (non-hydrogen) atoms. The minimum absolute atomic E-state index is 0.487. The zero-order valence-electron chi connectivity index (χ0n) is 10.6. The second-order valence-corrected chi connectivity index (χ2v) is 4.29. The van der Waals surface area contributed by atoms with Crippen molar-refractivity contribution in [3.05, 3.63) is 60.4 Å². The molecule has 0 saturated carbocycles. The lowest BCUT2D eigenvalue weighted by Crippen LogP contribution is -2.06. The summed E-state index contributed by atoms with van der Waals surface area (Å²) in [6, 6.07) is 10.1. The molecule has 0 aliphatic heterocycles. The van der Waals surface area contributed by atoms with Crippen molar-refractivity contribution in [3.8, 4) is 17.1 Å². The Bertz CT molecular complexity index is 733. The first-order valence-corrected chi connectivity index (χ1v) is 6.05. The maximum absolute atomic E-state index is 12.6. The standard InChI is InChI=1S/C14H9F3N4/c15-14(16,17)10-4-6-11(7-5-10)21-13(9-19-20-21)12-3-1-2-8-18-12/h1-9H. The molecule has 0 saturated heterocycles. The molecular weight excluding hydrogens is 281 g/mol. The first-order valence-electron chi connectivity index (χ1n) is 6.05. The van der Waals surface area contributed by atoms with E-state index >= 15 is 0 Å². The number of hydrogen-bond acceptors (Lipinski definition) is 3. The first-order chi connectivity index (χ1) is 10.1. The van der Waals surface area contributed by atoms with E-state index < -0.39 is 11.7 Å². The molecule has 0 aliphatic rings. The van der Waals surface area contributed by atoms with E-state index in [4.69, 9.17) is 0 Å². The molecule has 4 nitrogen and oxygen atoms in total.